The first-order chi connectivity index (χ1) is 13.2. The summed E-state index contributed by atoms with van der Waals surface area (Å²) in [5.41, 5.74) is 1.10. The monoisotopic (exact) mass is 368 g/mol. The molecule has 0 unspecified atom stereocenters. The zero-order valence-electron chi connectivity index (χ0n) is 16.2. The first kappa shape index (κ1) is 19.1. The summed E-state index contributed by atoms with van der Waals surface area (Å²) in [5, 5.41) is 8.40. The Hall–Kier alpha value is -2.63. The molecule has 1 fully saturated rings. The Labute approximate surface area is 161 Å². The van der Waals surface area contributed by atoms with Crippen molar-refractivity contribution in [3.05, 3.63) is 48.0 Å². The first-order valence-corrected chi connectivity index (χ1v) is 9.78. The predicted molar refractivity (Wildman–Crippen MR) is 106 cm³/mol. The maximum atomic E-state index is 13.0. The molecule has 0 bridgehead atoms. The largest absolute Gasteiger partial charge is 0.477 e. The third-order valence-corrected chi connectivity index (χ3v) is 4.90. The molecule has 6 nitrogen and oxygen atoms in total. The van der Waals surface area contributed by atoms with Crippen LogP contribution in [0.15, 0.2) is 42.5 Å². The molecule has 1 saturated heterocycles. The van der Waals surface area contributed by atoms with Crippen molar-refractivity contribution in [2.45, 2.75) is 32.6 Å². The quantitative estimate of drug-likeness (QED) is 0.752. The van der Waals surface area contributed by atoms with Gasteiger partial charge in [-0.1, -0.05) is 44.2 Å². The van der Waals surface area contributed by atoms with E-state index in [1.54, 1.807) is 0 Å². The van der Waals surface area contributed by atoms with Crippen LogP contribution in [0.25, 0.3) is 0 Å². The number of anilines is 1. The summed E-state index contributed by atoms with van der Waals surface area (Å²) in [6.45, 7) is 7.72. The third-order valence-electron chi connectivity index (χ3n) is 4.90. The lowest BCUT2D eigenvalue weighted by atomic mass is 9.95. The minimum atomic E-state index is -0.0625. The van der Waals surface area contributed by atoms with E-state index in [2.05, 4.69) is 28.9 Å². The zero-order valence-corrected chi connectivity index (χ0v) is 16.2. The fourth-order valence-corrected chi connectivity index (χ4v) is 3.38. The van der Waals surface area contributed by atoms with Crippen LogP contribution in [-0.4, -0.2) is 53.8 Å². The fourth-order valence-electron chi connectivity index (χ4n) is 3.38. The fraction of sp³-hybridized carbons (Fsp3) is 0.476. The number of ether oxygens (including phenoxy) is 1. The van der Waals surface area contributed by atoms with Gasteiger partial charge in [0.05, 0.1) is 12.5 Å². The van der Waals surface area contributed by atoms with Gasteiger partial charge in [-0.15, -0.1) is 10.2 Å². The Morgan fingerprint density at radius 2 is 1.78 bits per heavy atom. The lowest BCUT2D eigenvalue weighted by molar-refractivity contribution is -0.133. The highest BCUT2D eigenvalue weighted by molar-refractivity contribution is 5.84. The minimum absolute atomic E-state index is 0.0625. The Morgan fingerprint density at radius 1 is 1.04 bits per heavy atom. The molecule has 1 aromatic carbocycles. The van der Waals surface area contributed by atoms with Crippen molar-refractivity contribution in [1.29, 1.82) is 0 Å². The molecule has 27 heavy (non-hydrogen) atoms. The van der Waals surface area contributed by atoms with Crippen molar-refractivity contribution >= 4 is 11.7 Å². The number of hydrogen-bond donors (Lipinski definition) is 0. The Kier molecular flexibility index (Phi) is 6.63. The lowest BCUT2D eigenvalue weighted by Gasteiger charge is -2.36. The smallest absolute Gasteiger partial charge is 0.233 e. The summed E-state index contributed by atoms with van der Waals surface area (Å²) in [7, 11) is 0. The van der Waals surface area contributed by atoms with E-state index in [1.165, 1.54) is 0 Å². The SMILES string of the molecule is CCCOc1ccc(N2CCN(C(=O)[C@@H](CC)c3ccccc3)CC2)nn1. The molecule has 1 aliphatic heterocycles. The van der Waals surface area contributed by atoms with Crippen LogP contribution in [0.5, 0.6) is 5.88 Å². The molecule has 1 atom stereocenters. The second-order valence-corrected chi connectivity index (χ2v) is 6.76. The average Bonchev–Trinajstić information content (AvgIpc) is 2.74. The van der Waals surface area contributed by atoms with Crippen LogP contribution in [0.2, 0.25) is 0 Å². The summed E-state index contributed by atoms with van der Waals surface area (Å²) in [4.78, 5) is 17.1. The van der Waals surface area contributed by atoms with Gasteiger partial charge >= 0.3 is 0 Å². The number of benzene rings is 1. The lowest BCUT2D eigenvalue weighted by Crippen LogP contribution is -2.50. The van der Waals surface area contributed by atoms with E-state index < -0.39 is 0 Å². The Balaban J connectivity index is 1.57. The maximum absolute atomic E-state index is 13.0. The van der Waals surface area contributed by atoms with Gasteiger partial charge in [-0.3, -0.25) is 4.79 Å². The van der Waals surface area contributed by atoms with Crippen LogP contribution < -0.4 is 9.64 Å². The van der Waals surface area contributed by atoms with Gasteiger partial charge < -0.3 is 14.5 Å². The highest BCUT2D eigenvalue weighted by Crippen LogP contribution is 2.23. The maximum Gasteiger partial charge on any atom is 0.233 e. The van der Waals surface area contributed by atoms with E-state index in [1.807, 2.05) is 47.4 Å². The third kappa shape index (κ3) is 4.76. The topological polar surface area (TPSA) is 58.6 Å². The summed E-state index contributed by atoms with van der Waals surface area (Å²) < 4.78 is 5.48. The van der Waals surface area contributed by atoms with Gasteiger partial charge in [0.25, 0.3) is 0 Å². The molecule has 0 radical (unpaired) electrons. The van der Waals surface area contributed by atoms with Crippen molar-refractivity contribution in [2.75, 3.05) is 37.7 Å². The van der Waals surface area contributed by atoms with Crippen LogP contribution in [0.4, 0.5) is 5.82 Å². The summed E-state index contributed by atoms with van der Waals surface area (Å²) in [6.07, 6.45) is 1.76. The zero-order chi connectivity index (χ0) is 19.1. The molecule has 0 spiro atoms. The van der Waals surface area contributed by atoms with E-state index in [0.717, 1.165) is 37.3 Å². The second kappa shape index (κ2) is 9.35. The highest BCUT2D eigenvalue weighted by atomic mass is 16.5. The van der Waals surface area contributed by atoms with Crippen LogP contribution in [0.3, 0.4) is 0 Å². The van der Waals surface area contributed by atoms with Gasteiger partial charge in [-0.2, -0.15) is 0 Å². The van der Waals surface area contributed by atoms with Gasteiger partial charge in [0, 0.05) is 32.2 Å². The van der Waals surface area contributed by atoms with E-state index >= 15 is 0 Å². The van der Waals surface area contributed by atoms with Crippen molar-refractivity contribution < 1.29 is 9.53 Å². The van der Waals surface area contributed by atoms with Crippen LogP contribution in [0, 0.1) is 0 Å². The van der Waals surface area contributed by atoms with Gasteiger partial charge in [-0.05, 0) is 24.5 Å². The molecular formula is C21H28N4O2. The predicted octanol–water partition coefficient (Wildman–Crippen LogP) is 3.11. The van der Waals surface area contributed by atoms with Crippen molar-refractivity contribution in [3.63, 3.8) is 0 Å². The van der Waals surface area contributed by atoms with Gasteiger partial charge in [0.1, 0.15) is 0 Å². The average molecular weight is 368 g/mol. The summed E-state index contributed by atoms with van der Waals surface area (Å²) in [5.74, 6) is 1.55. The van der Waals surface area contributed by atoms with E-state index in [-0.39, 0.29) is 11.8 Å². The number of amides is 1. The molecule has 1 amide bonds. The molecule has 1 aliphatic rings. The standard InChI is InChI=1S/C21H28N4O2/c1-3-16-27-20-11-10-19(22-23-20)24-12-14-25(15-13-24)21(26)18(4-2)17-8-6-5-7-9-17/h5-11,18H,3-4,12-16H2,1-2H3/t18-/m0/s1. The van der Waals surface area contributed by atoms with Crippen molar-refractivity contribution in [1.82, 2.24) is 15.1 Å². The molecule has 144 valence electrons. The van der Waals surface area contributed by atoms with Crippen LogP contribution in [-0.2, 0) is 4.79 Å². The summed E-state index contributed by atoms with van der Waals surface area (Å²) in [6, 6.07) is 13.9. The molecule has 0 aliphatic carbocycles. The summed E-state index contributed by atoms with van der Waals surface area (Å²) >= 11 is 0. The van der Waals surface area contributed by atoms with Crippen LogP contribution in [0.1, 0.15) is 38.2 Å². The number of nitrogens with zero attached hydrogens (tertiary/aromatic N) is 4. The normalized spacial score (nSPS) is 15.5. The Bertz CT molecular complexity index is 713. The molecule has 3 rings (SSSR count). The molecule has 1 aromatic heterocycles. The number of aromatic nitrogens is 2. The molecule has 0 N–H and O–H groups in total. The number of carbonyl (C=O) groups is 1. The number of piperazine rings is 1. The number of carbonyl (C=O) groups excluding carboxylic acids is 1. The number of hydrogen-bond acceptors (Lipinski definition) is 5. The van der Waals surface area contributed by atoms with Gasteiger partial charge in [0.2, 0.25) is 11.8 Å². The number of rotatable bonds is 7. The van der Waals surface area contributed by atoms with E-state index in [0.29, 0.717) is 25.6 Å². The van der Waals surface area contributed by atoms with Gasteiger partial charge in [-0.25, -0.2) is 0 Å². The molecule has 6 heteroatoms. The van der Waals surface area contributed by atoms with Gasteiger partial charge in [0.15, 0.2) is 5.82 Å². The molecule has 2 aromatic rings. The van der Waals surface area contributed by atoms with Crippen molar-refractivity contribution in [3.8, 4) is 5.88 Å². The molecule has 0 saturated carbocycles. The van der Waals surface area contributed by atoms with Crippen LogP contribution >= 0.6 is 0 Å². The van der Waals surface area contributed by atoms with Crippen molar-refractivity contribution in [2.24, 2.45) is 0 Å². The highest BCUT2D eigenvalue weighted by Gasteiger charge is 2.27. The minimum Gasteiger partial charge on any atom is -0.477 e. The molecule has 2 heterocycles. The van der Waals surface area contributed by atoms with E-state index in [9.17, 15) is 4.79 Å². The van der Waals surface area contributed by atoms with E-state index in [4.69, 9.17) is 4.74 Å². The molecular weight excluding hydrogens is 340 g/mol. The second-order valence-electron chi connectivity index (χ2n) is 6.76. The first-order valence-electron chi connectivity index (χ1n) is 9.78. The Morgan fingerprint density at radius 3 is 2.37 bits per heavy atom.